The van der Waals surface area contributed by atoms with Gasteiger partial charge in [-0.1, -0.05) is 16.3 Å². The number of carbonyl (C=O) groups is 1. The van der Waals surface area contributed by atoms with E-state index in [1.165, 1.54) is 6.33 Å². The molecular weight excluding hydrogens is 340 g/mol. The molecule has 2 heterocycles. The summed E-state index contributed by atoms with van der Waals surface area (Å²) >= 11 is 0. The molecule has 0 radical (unpaired) electrons. The smallest absolute Gasteiger partial charge is 0.253 e. The lowest BCUT2D eigenvalue weighted by molar-refractivity contribution is 0.0711. The zero-order chi connectivity index (χ0) is 17.9. The molecule has 2 aromatic rings. The number of piperidine rings is 1. The fraction of sp³-hybridized carbons (Fsp3) is 0.353. The van der Waals surface area contributed by atoms with Crippen molar-refractivity contribution < 1.29 is 13.6 Å². The summed E-state index contributed by atoms with van der Waals surface area (Å²) in [5, 5.41) is 0. The van der Waals surface area contributed by atoms with Gasteiger partial charge in [-0.25, -0.2) is 9.97 Å². The Hall–Kier alpha value is -2.16. The Morgan fingerprint density at radius 2 is 1.76 bits per heavy atom. The second-order valence-corrected chi connectivity index (χ2v) is 7.94. The molecule has 1 saturated heterocycles. The lowest BCUT2D eigenvalue weighted by Gasteiger charge is -2.32. The minimum absolute atomic E-state index is 0.0336. The molecule has 1 fully saturated rings. The van der Waals surface area contributed by atoms with E-state index in [1.807, 2.05) is 12.1 Å². The van der Waals surface area contributed by atoms with Gasteiger partial charge in [-0.2, -0.15) is 0 Å². The maximum absolute atomic E-state index is 12.6. The molecule has 1 unspecified atom stereocenters. The van der Waals surface area contributed by atoms with E-state index >= 15 is 0 Å². The van der Waals surface area contributed by atoms with Gasteiger partial charge < -0.3 is 9.45 Å². The van der Waals surface area contributed by atoms with Crippen LogP contribution in [0.1, 0.15) is 23.2 Å². The standard InChI is InChI=1S/C17H20N4O3S/c1-25(23,24)20-16-6-8-21(9-7-16)17(22)14-4-2-13(3-5-14)15-10-18-12-19-11-15/h2-5,10-12,16H,6-9H2,1H3,(H-,20,23,24). The number of rotatable bonds is 4. The van der Waals surface area contributed by atoms with Gasteiger partial charge >= 0.3 is 0 Å². The highest BCUT2D eigenvalue weighted by Gasteiger charge is 2.26. The van der Waals surface area contributed by atoms with E-state index in [1.54, 1.807) is 29.4 Å². The first kappa shape index (κ1) is 17.7. The molecule has 1 aliphatic rings. The van der Waals surface area contributed by atoms with E-state index in [2.05, 4.69) is 14.7 Å². The fourth-order valence-corrected chi connectivity index (χ4v) is 3.78. The van der Waals surface area contributed by atoms with Crippen LogP contribution < -0.4 is 4.72 Å². The Morgan fingerprint density at radius 3 is 2.32 bits per heavy atom. The lowest BCUT2D eigenvalue weighted by atomic mass is 10.0. The molecule has 1 aliphatic heterocycles. The summed E-state index contributed by atoms with van der Waals surface area (Å²) in [5.74, 6) is -0.0336. The maximum atomic E-state index is 12.6. The number of nitrogens with zero attached hydrogens (tertiary/aromatic N) is 3. The minimum Gasteiger partial charge on any atom is -0.598 e. The summed E-state index contributed by atoms with van der Waals surface area (Å²) in [7, 11) is -3.21. The zero-order valence-corrected chi connectivity index (χ0v) is 14.7. The molecule has 1 aromatic heterocycles. The topological polar surface area (TPSA) is 98.2 Å². The molecule has 1 N–H and O–H groups in total. The number of hydrogen-bond acceptors (Lipinski definition) is 5. The number of carbonyl (C=O) groups excluding carboxylic acids is 1. The van der Waals surface area contributed by atoms with Crippen molar-refractivity contribution in [3.05, 3.63) is 48.5 Å². The summed E-state index contributed by atoms with van der Waals surface area (Å²) in [5.41, 5.74) is 2.47. The van der Waals surface area contributed by atoms with Crippen LogP contribution >= 0.6 is 0 Å². The first-order valence-corrected chi connectivity index (χ1v) is 9.93. The molecule has 1 aromatic carbocycles. The van der Waals surface area contributed by atoms with Crippen molar-refractivity contribution in [1.29, 1.82) is 0 Å². The largest absolute Gasteiger partial charge is 0.598 e. The molecule has 7 nitrogen and oxygen atoms in total. The van der Waals surface area contributed by atoms with Gasteiger partial charge in [-0.3, -0.25) is 4.79 Å². The van der Waals surface area contributed by atoms with Gasteiger partial charge in [0, 0.05) is 36.6 Å². The van der Waals surface area contributed by atoms with Crippen LogP contribution in [0, 0.1) is 0 Å². The van der Waals surface area contributed by atoms with Crippen molar-refractivity contribution in [1.82, 2.24) is 19.6 Å². The average Bonchev–Trinajstić information content (AvgIpc) is 2.61. The van der Waals surface area contributed by atoms with E-state index in [-0.39, 0.29) is 11.9 Å². The number of benzene rings is 1. The normalized spacial score (nSPS) is 17.9. The lowest BCUT2D eigenvalue weighted by Crippen LogP contribution is -2.47. The number of likely N-dealkylation sites (tertiary alicyclic amines) is 1. The van der Waals surface area contributed by atoms with Crippen molar-refractivity contribution in [3.8, 4) is 11.1 Å². The van der Waals surface area contributed by atoms with Crippen LogP contribution in [0.5, 0.6) is 0 Å². The van der Waals surface area contributed by atoms with E-state index < -0.39 is 10.4 Å². The van der Waals surface area contributed by atoms with E-state index in [0.717, 1.165) is 17.4 Å². The molecule has 0 spiro atoms. The number of aromatic nitrogens is 2. The number of sulfonamides is 1. The molecule has 0 aliphatic carbocycles. The quantitative estimate of drug-likeness (QED) is 0.834. The summed E-state index contributed by atoms with van der Waals surface area (Å²) in [6.45, 7) is 1.08. The van der Waals surface area contributed by atoms with Gasteiger partial charge in [-0.15, -0.1) is 4.72 Å². The fourth-order valence-electron chi connectivity index (χ4n) is 2.94. The molecule has 8 heteroatoms. The highest BCUT2D eigenvalue weighted by molar-refractivity contribution is 7.95. The van der Waals surface area contributed by atoms with Crippen LogP contribution in [0.3, 0.4) is 0 Å². The number of amides is 1. The van der Waals surface area contributed by atoms with Crippen LogP contribution in [-0.2, 0) is 14.6 Å². The zero-order valence-electron chi connectivity index (χ0n) is 13.9. The average molecular weight is 360 g/mol. The van der Waals surface area contributed by atoms with Crippen molar-refractivity contribution in [2.75, 3.05) is 19.3 Å². The third kappa shape index (κ3) is 4.68. The molecule has 1 atom stereocenters. The summed E-state index contributed by atoms with van der Waals surface area (Å²) < 4.78 is 25.2. The predicted molar refractivity (Wildman–Crippen MR) is 94.3 cm³/mol. The SMILES string of the molecule is C[S+](=O)([O-])NC1CCN(C(=O)c2ccc(-c3cncnc3)cc2)CC1. The van der Waals surface area contributed by atoms with Crippen LogP contribution in [-0.4, -0.2) is 50.7 Å². The predicted octanol–water partition coefficient (Wildman–Crippen LogP) is 1.51. The molecule has 3 rings (SSSR count). The first-order valence-electron chi connectivity index (χ1n) is 8.04. The van der Waals surface area contributed by atoms with Crippen molar-refractivity contribution in [2.24, 2.45) is 0 Å². The number of nitrogens with one attached hydrogen (secondary N) is 1. The number of hydrogen-bond donors (Lipinski definition) is 1. The van der Waals surface area contributed by atoms with Crippen LogP contribution in [0.4, 0.5) is 0 Å². The third-order valence-corrected chi connectivity index (χ3v) is 4.95. The summed E-state index contributed by atoms with van der Waals surface area (Å²) in [6.07, 6.45) is 7.33. The highest BCUT2D eigenvalue weighted by Crippen LogP contribution is 2.20. The second-order valence-electron chi connectivity index (χ2n) is 6.16. The molecule has 0 saturated carbocycles. The first-order chi connectivity index (χ1) is 11.9. The Bertz CT molecular complexity index is 768. The Morgan fingerprint density at radius 1 is 1.16 bits per heavy atom. The van der Waals surface area contributed by atoms with Crippen LogP contribution in [0.25, 0.3) is 11.1 Å². The highest BCUT2D eigenvalue weighted by atomic mass is 32.3. The van der Waals surface area contributed by atoms with Crippen molar-refractivity contribution in [2.45, 2.75) is 18.9 Å². The summed E-state index contributed by atoms with van der Waals surface area (Å²) in [6, 6.07) is 7.25. The second kappa shape index (κ2) is 7.38. The van der Waals surface area contributed by atoms with Gasteiger partial charge in [0.05, 0.1) is 6.04 Å². The van der Waals surface area contributed by atoms with E-state index in [9.17, 15) is 13.6 Å². The van der Waals surface area contributed by atoms with Crippen molar-refractivity contribution in [3.63, 3.8) is 0 Å². The van der Waals surface area contributed by atoms with Gasteiger partial charge in [0.25, 0.3) is 5.91 Å². The van der Waals surface area contributed by atoms with Gasteiger partial charge in [-0.05, 0) is 30.5 Å². The van der Waals surface area contributed by atoms with Crippen LogP contribution in [0.15, 0.2) is 43.0 Å². The van der Waals surface area contributed by atoms with E-state index in [0.29, 0.717) is 31.5 Å². The van der Waals surface area contributed by atoms with Crippen molar-refractivity contribution >= 4 is 16.3 Å². The van der Waals surface area contributed by atoms with Gasteiger partial charge in [0.1, 0.15) is 23.0 Å². The van der Waals surface area contributed by atoms with Gasteiger partial charge in [0.15, 0.2) is 0 Å². The minimum atomic E-state index is -3.21. The monoisotopic (exact) mass is 360 g/mol. The van der Waals surface area contributed by atoms with E-state index in [4.69, 9.17) is 0 Å². The molecule has 25 heavy (non-hydrogen) atoms. The van der Waals surface area contributed by atoms with Crippen LogP contribution in [0.2, 0.25) is 0 Å². The molecular formula is C17H20N4O3S. The summed E-state index contributed by atoms with van der Waals surface area (Å²) in [4.78, 5) is 22.3. The Balaban J connectivity index is 1.61. The molecule has 1 amide bonds. The maximum Gasteiger partial charge on any atom is 0.253 e. The molecule has 0 bridgehead atoms. The third-order valence-electron chi connectivity index (χ3n) is 4.19. The Kier molecular flexibility index (Phi) is 5.22. The van der Waals surface area contributed by atoms with Gasteiger partial charge in [0.2, 0.25) is 0 Å². The molecule has 132 valence electrons. The Labute approximate surface area is 147 Å².